The van der Waals surface area contributed by atoms with Gasteiger partial charge in [0.05, 0.1) is 18.3 Å². The standard InChI is InChI=1S/C18H14N4O3S/c23-17(8-13-9-19-22(10-13)15-4-2-1-3-5-15)24-11-16-20-18(21-25-16)14-6-7-26-12-14/h1-7,9-10,12H,8,11H2. The van der Waals surface area contributed by atoms with Crippen LogP contribution in [0.2, 0.25) is 0 Å². The molecular weight excluding hydrogens is 352 g/mol. The molecule has 4 aromatic rings. The van der Waals surface area contributed by atoms with Crippen LogP contribution in [0.5, 0.6) is 0 Å². The highest BCUT2D eigenvalue weighted by molar-refractivity contribution is 7.08. The average Bonchev–Trinajstić information content (AvgIpc) is 3.41. The summed E-state index contributed by atoms with van der Waals surface area (Å²) in [4.78, 5) is 16.2. The minimum absolute atomic E-state index is 0.0528. The Labute approximate surface area is 152 Å². The first-order valence-corrected chi connectivity index (χ1v) is 8.82. The highest BCUT2D eigenvalue weighted by Gasteiger charge is 2.13. The molecule has 26 heavy (non-hydrogen) atoms. The van der Waals surface area contributed by atoms with Crippen LogP contribution in [-0.4, -0.2) is 25.9 Å². The van der Waals surface area contributed by atoms with Crippen molar-refractivity contribution in [3.05, 3.63) is 71.0 Å². The van der Waals surface area contributed by atoms with E-state index in [0.717, 1.165) is 16.8 Å². The van der Waals surface area contributed by atoms with Crippen molar-refractivity contribution in [3.8, 4) is 17.1 Å². The lowest BCUT2D eigenvalue weighted by Crippen LogP contribution is -2.07. The number of para-hydroxylation sites is 1. The quantitative estimate of drug-likeness (QED) is 0.487. The SMILES string of the molecule is O=C(Cc1cnn(-c2ccccc2)c1)OCc1nc(-c2ccsc2)no1. The van der Waals surface area contributed by atoms with E-state index in [2.05, 4.69) is 15.2 Å². The third kappa shape index (κ3) is 3.70. The Morgan fingerprint density at radius 1 is 1.23 bits per heavy atom. The molecule has 0 N–H and O–H groups in total. The van der Waals surface area contributed by atoms with E-state index in [1.54, 1.807) is 28.4 Å². The zero-order valence-corrected chi connectivity index (χ0v) is 14.4. The molecule has 3 aromatic heterocycles. The van der Waals surface area contributed by atoms with E-state index in [-0.39, 0.29) is 24.9 Å². The third-order valence-electron chi connectivity index (χ3n) is 3.61. The van der Waals surface area contributed by atoms with E-state index in [9.17, 15) is 4.79 Å². The van der Waals surface area contributed by atoms with Crippen molar-refractivity contribution in [2.75, 3.05) is 0 Å². The molecule has 0 aliphatic carbocycles. The van der Waals surface area contributed by atoms with Crippen molar-refractivity contribution in [3.63, 3.8) is 0 Å². The van der Waals surface area contributed by atoms with E-state index < -0.39 is 0 Å². The van der Waals surface area contributed by atoms with Gasteiger partial charge < -0.3 is 9.26 Å². The highest BCUT2D eigenvalue weighted by atomic mass is 32.1. The van der Waals surface area contributed by atoms with Crippen molar-refractivity contribution in [2.45, 2.75) is 13.0 Å². The minimum atomic E-state index is -0.382. The van der Waals surface area contributed by atoms with Gasteiger partial charge in [-0.05, 0) is 23.6 Å². The van der Waals surface area contributed by atoms with Crippen LogP contribution in [0.3, 0.4) is 0 Å². The van der Waals surface area contributed by atoms with Crippen LogP contribution in [0, 0.1) is 0 Å². The van der Waals surface area contributed by atoms with Crippen molar-refractivity contribution in [2.24, 2.45) is 0 Å². The molecule has 4 rings (SSSR count). The molecule has 0 spiro atoms. The Bertz CT molecular complexity index is 993. The van der Waals surface area contributed by atoms with Gasteiger partial charge in [0.1, 0.15) is 0 Å². The second kappa shape index (κ2) is 7.32. The number of hydrogen-bond acceptors (Lipinski definition) is 7. The second-order valence-electron chi connectivity index (χ2n) is 5.49. The predicted octanol–water partition coefficient (Wildman–Crippen LogP) is 3.27. The van der Waals surface area contributed by atoms with Gasteiger partial charge in [0.25, 0.3) is 5.89 Å². The normalized spacial score (nSPS) is 10.8. The van der Waals surface area contributed by atoms with Crippen LogP contribution < -0.4 is 0 Å². The second-order valence-corrected chi connectivity index (χ2v) is 6.27. The van der Waals surface area contributed by atoms with E-state index in [1.165, 1.54) is 0 Å². The summed E-state index contributed by atoms with van der Waals surface area (Å²) >= 11 is 1.55. The zero-order chi connectivity index (χ0) is 17.8. The number of esters is 1. The summed E-state index contributed by atoms with van der Waals surface area (Å²) in [6, 6.07) is 11.6. The summed E-state index contributed by atoms with van der Waals surface area (Å²) in [6.45, 7) is -0.0528. The fourth-order valence-corrected chi connectivity index (χ4v) is 2.99. The molecule has 0 fully saturated rings. The Morgan fingerprint density at radius 2 is 2.12 bits per heavy atom. The van der Waals surface area contributed by atoms with E-state index in [4.69, 9.17) is 9.26 Å². The van der Waals surface area contributed by atoms with Crippen LogP contribution in [0.1, 0.15) is 11.5 Å². The minimum Gasteiger partial charge on any atom is -0.455 e. The maximum atomic E-state index is 12.0. The van der Waals surface area contributed by atoms with Gasteiger partial charge in [0, 0.05) is 22.7 Å². The number of rotatable bonds is 6. The largest absolute Gasteiger partial charge is 0.455 e. The fraction of sp³-hybridized carbons (Fsp3) is 0.111. The number of nitrogens with zero attached hydrogens (tertiary/aromatic N) is 4. The molecule has 0 saturated carbocycles. The molecule has 130 valence electrons. The molecular formula is C18H14N4O3S. The number of carbonyl (C=O) groups excluding carboxylic acids is 1. The Balaban J connectivity index is 1.33. The number of ether oxygens (including phenoxy) is 1. The van der Waals surface area contributed by atoms with Crippen LogP contribution >= 0.6 is 11.3 Å². The number of thiophene rings is 1. The summed E-state index contributed by atoms with van der Waals surface area (Å²) < 4.78 is 12.0. The van der Waals surface area contributed by atoms with Crippen molar-refractivity contribution < 1.29 is 14.1 Å². The van der Waals surface area contributed by atoms with Gasteiger partial charge in [0.2, 0.25) is 5.82 Å². The highest BCUT2D eigenvalue weighted by Crippen LogP contribution is 2.19. The molecule has 0 unspecified atom stereocenters. The molecule has 0 aliphatic rings. The predicted molar refractivity (Wildman–Crippen MR) is 94.7 cm³/mol. The van der Waals surface area contributed by atoms with Crippen molar-refractivity contribution in [1.29, 1.82) is 0 Å². The Morgan fingerprint density at radius 3 is 2.92 bits per heavy atom. The van der Waals surface area contributed by atoms with Crippen LogP contribution in [0.4, 0.5) is 0 Å². The van der Waals surface area contributed by atoms with E-state index in [0.29, 0.717) is 5.82 Å². The van der Waals surface area contributed by atoms with Gasteiger partial charge in [-0.15, -0.1) is 0 Å². The molecule has 0 atom stereocenters. The first kappa shape index (κ1) is 16.2. The number of benzene rings is 1. The monoisotopic (exact) mass is 366 g/mol. The zero-order valence-electron chi connectivity index (χ0n) is 13.6. The molecule has 0 bridgehead atoms. The number of carbonyl (C=O) groups is 1. The average molecular weight is 366 g/mol. The summed E-state index contributed by atoms with van der Waals surface area (Å²) in [6.07, 6.45) is 3.58. The Kier molecular flexibility index (Phi) is 4.57. The van der Waals surface area contributed by atoms with Gasteiger partial charge in [-0.3, -0.25) is 4.79 Å². The fourth-order valence-electron chi connectivity index (χ4n) is 2.36. The summed E-state index contributed by atoms with van der Waals surface area (Å²) in [7, 11) is 0. The van der Waals surface area contributed by atoms with E-state index in [1.807, 2.05) is 47.2 Å². The van der Waals surface area contributed by atoms with Crippen LogP contribution in [0.15, 0.2) is 64.1 Å². The molecule has 0 saturated heterocycles. The van der Waals surface area contributed by atoms with Crippen LogP contribution in [-0.2, 0) is 22.6 Å². The molecule has 8 heteroatoms. The van der Waals surface area contributed by atoms with Gasteiger partial charge in [-0.25, -0.2) is 4.68 Å². The van der Waals surface area contributed by atoms with Crippen molar-refractivity contribution in [1.82, 2.24) is 19.9 Å². The number of aromatic nitrogens is 4. The maximum Gasteiger partial charge on any atom is 0.310 e. The third-order valence-corrected chi connectivity index (χ3v) is 4.29. The molecule has 3 heterocycles. The molecule has 1 aromatic carbocycles. The first-order valence-electron chi connectivity index (χ1n) is 7.88. The lowest BCUT2D eigenvalue weighted by atomic mass is 10.2. The lowest BCUT2D eigenvalue weighted by molar-refractivity contribution is -0.144. The first-order chi connectivity index (χ1) is 12.8. The molecule has 7 nitrogen and oxygen atoms in total. The van der Waals surface area contributed by atoms with Gasteiger partial charge in [-0.2, -0.15) is 21.4 Å². The van der Waals surface area contributed by atoms with Crippen molar-refractivity contribution >= 4 is 17.3 Å². The molecule has 0 radical (unpaired) electrons. The topological polar surface area (TPSA) is 83.0 Å². The smallest absolute Gasteiger partial charge is 0.310 e. The van der Waals surface area contributed by atoms with Gasteiger partial charge >= 0.3 is 5.97 Å². The summed E-state index contributed by atoms with van der Waals surface area (Å²) in [5, 5.41) is 12.0. The van der Waals surface area contributed by atoms with Gasteiger partial charge in [0.15, 0.2) is 6.61 Å². The Hall–Kier alpha value is -3.26. The van der Waals surface area contributed by atoms with Gasteiger partial charge in [-0.1, -0.05) is 23.4 Å². The van der Waals surface area contributed by atoms with E-state index >= 15 is 0 Å². The molecule has 0 amide bonds. The maximum absolute atomic E-state index is 12.0. The summed E-state index contributed by atoms with van der Waals surface area (Å²) in [5.74, 6) is 0.369. The summed E-state index contributed by atoms with van der Waals surface area (Å²) in [5.41, 5.74) is 2.58. The van der Waals surface area contributed by atoms with Crippen LogP contribution in [0.25, 0.3) is 17.1 Å². The number of hydrogen-bond donors (Lipinski definition) is 0. The lowest BCUT2D eigenvalue weighted by Gasteiger charge is -2.00. The molecule has 0 aliphatic heterocycles.